The molecule has 0 saturated heterocycles. The zero-order valence-corrected chi connectivity index (χ0v) is 10.0. The van der Waals surface area contributed by atoms with E-state index in [2.05, 4.69) is 9.98 Å². The molecule has 1 spiro atoms. The van der Waals surface area contributed by atoms with Crippen molar-refractivity contribution < 1.29 is 9.47 Å². The maximum atomic E-state index is 5.89. The Balaban J connectivity index is 2.05. The maximum Gasteiger partial charge on any atom is 0.283 e. The Labute approximate surface area is 109 Å². The summed E-state index contributed by atoms with van der Waals surface area (Å²) < 4.78 is 11.3. The van der Waals surface area contributed by atoms with Crippen molar-refractivity contribution in [3.05, 3.63) is 53.9 Å². The summed E-state index contributed by atoms with van der Waals surface area (Å²) in [5, 5.41) is 0. The number of para-hydroxylation sites is 1. The molecule has 0 fully saturated rings. The second-order valence-electron chi connectivity index (χ2n) is 4.57. The SMILES string of the molecule is NC1=NC2(CO1)c1ccccc1Oc1ccncc12. The van der Waals surface area contributed by atoms with Crippen LogP contribution in [0.5, 0.6) is 11.5 Å². The number of amidine groups is 1. The van der Waals surface area contributed by atoms with Gasteiger partial charge in [0.25, 0.3) is 6.02 Å². The largest absolute Gasteiger partial charge is 0.462 e. The minimum atomic E-state index is -0.636. The number of fused-ring (bicyclic) bond motifs is 4. The summed E-state index contributed by atoms with van der Waals surface area (Å²) in [7, 11) is 0. The van der Waals surface area contributed by atoms with Gasteiger partial charge in [0, 0.05) is 23.5 Å². The standard InChI is InChI=1S/C14H11N3O2/c15-13-17-14(8-18-13)9-3-1-2-4-11(9)19-12-5-6-16-7-10(12)14/h1-7H,8H2,(H2,15,17). The molecule has 5 nitrogen and oxygen atoms in total. The van der Waals surface area contributed by atoms with Crippen molar-refractivity contribution in [3.8, 4) is 11.5 Å². The zero-order chi connectivity index (χ0) is 12.9. The molecule has 2 N–H and O–H groups in total. The van der Waals surface area contributed by atoms with Gasteiger partial charge in [0.15, 0.2) is 5.54 Å². The molecule has 0 saturated carbocycles. The molecule has 4 rings (SSSR count). The Morgan fingerprint density at radius 1 is 1.11 bits per heavy atom. The van der Waals surface area contributed by atoms with Crippen LogP contribution in [0, 0.1) is 0 Å². The summed E-state index contributed by atoms with van der Waals surface area (Å²) in [5.41, 5.74) is 6.92. The fraction of sp³-hybridized carbons (Fsp3) is 0.143. The fourth-order valence-electron chi connectivity index (χ4n) is 2.65. The summed E-state index contributed by atoms with van der Waals surface area (Å²) in [4.78, 5) is 8.68. The minimum absolute atomic E-state index is 0.200. The lowest BCUT2D eigenvalue weighted by molar-refractivity contribution is 0.264. The van der Waals surface area contributed by atoms with E-state index in [0.717, 1.165) is 22.6 Å². The molecule has 5 heteroatoms. The van der Waals surface area contributed by atoms with E-state index in [4.69, 9.17) is 15.2 Å². The van der Waals surface area contributed by atoms with Gasteiger partial charge in [0.05, 0.1) is 0 Å². The lowest BCUT2D eigenvalue weighted by atomic mass is 9.82. The van der Waals surface area contributed by atoms with Crippen LogP contribution in [-0.4, -0.2) is 17.6 Å². The number of pyridine rings is 1. The third-order valence-electron chi connectivity index (χ3n) is 3.51. The molecule has 0 aliphatic carbocycles. The Bertz CT molecular complexity index is 651. The summed E-state index contributed by atoms with van der Waals surface area (Å²) in [5.74, 6) is 1.53. The molecule has 2 aromatic rings. The van der Waals surface area contributed by atoms with Gasteiger partial charge in [-0.1, -0.05) is 18.2 Å². The van der Waals surface area contributed by atoms with Gasteiger partial charge in [-0.3, -0.25) is 4.98 Å². The number of ether oxygens (including phenoxy) is 2. The van der Waals surface area contributed by atoms with E-state index in [-0.39, 0.29) is 6.02 Å². The molecule has 94 valence electrons. The first kappa shape index (κ1) is 10.4. The Hall–Kier alpha value is -2.56. The highest BCUT2D eigenvalue weighted by atomic mass is 16.5. The van der Waals surface area contributed by atoms with Crippen LogP contribution in [0.25, 0.3) is 0 Å². The molecule has 0 radical (unpaired) electrons. The van der Waals surface area contributed by atoms with E-state index in [1.54, 1.807) is 12.4 Å². The molecule has 2 aliphatic rings. The van der Waals surface area contributed by atoms with Crippen molar-refractivity contribution in [1.82, 2.24) is 4.98 Å². The highest BCUT2D eigenvalue weighted by Gasteiger charge is 2.46. The van der Waals surface area contributed by atoms with Gasteiger partial charge >= 0.3 is 0 Å². The normalized spacial score (nSPS) is 23.1. The van der Waals surface area contributed by atoms with E-state index < -0.39 is 5.54 Å². The highest BCUT2D eigenvalue weighted by Crippen LogP contribution is 2.49. The van der Waals surface area contributed by atoms with Crippen molar-refractivity contribution in [2.45, 2.75) is 5.54 Å². The van der Waals surface area contributed by atoms with Crippen LogP contribution in [-0.2, 0) is 10.3 Å². The number of nitrogens with two attached hydrogens (primary N) is 1. The molecule has 3 heterocycles. The molecule has 1 aromatic carbocycles. The third-order valence-corrected chi connectivity index (χ3v) is 3.51. The van der Waals surface area contributed by atoms with Crippen LogP contribution >= 0.6 is 0 Å². The van der Waals surface area contributed by atoms with Gasteiger partial charge in [-0.2, -0.15) is 0 Å². The van der Waals surface area contributed by atoms with E-state index in [0.29, 0.717) is 6.61 Å². The van der Waals surface area contributed by atoms with E-state index in [9.17, 15) is 0 Å². The van der Waals surface area contributed by atoms with Crippen molar-refractivity contribution in [3.63, 3.8) is 0 Å². The van der Waals surface area contributed by atoms with Crippen LogP contribution in [0.1, 0.15) is 11.1 Å². The van der Waals surface area contributed by atoms with Crippen molar-refractivity contribution in [1.29, 1.82) is 0 Å². The molecular weight excluding hydrogens is 242 g/mol. The van der Waals surface area contributed by atoms with E-state index in [1.165, 1.54) is 0 Å². The van der Waals surface area contributed by atoms with Crippen LogP contribution in [0.3, 0.4) is 0 Å². The van der Waals surface area contributed by atoms with E-state index >= 15 is 0 Å². The highest BCUT2D eigenvalue weighted by molar-refractivity contribution is 5.76. The number of aromatic nitrogens is 1. The average Bonchev–Trinajstić information content (AvgIpc) is 2.82. The predicted octanol–water partition coefficient (Wildman–Crippen LogP) is 1.78. The maximum absolute atomic E-state index is 5.89. The summed E-state index contributed by atoms with van der Waals surface area (Å²) in [6.07, 6.45) is 3.46. The third kappa shape index (κ3) is 1.29. The topological polar surface area (TPSA) is 69.7 Å². The average molecular weight is 253 g/mol. The Morgan fingerprint density at radius 3 is 2.79 bits per heavy atom. The van der Waals surface area contributed by atoms with Gasteiger partial charge < -0.3 is 15.2 Å². The number of nitrogens with zero attached hydrogens (tertiary/aromatic N) is 2. The molecule has 19 heavy (non-hydrogen) atoms. The quantitative estimate of drug-likeness (QED) is 0.777. The number of benzene rings is 1. The molecule has 0 bridgehead atoms. The van der Waals surface area contributed by atoms with Crippen molar-refractivity contribution in [2.24, 2.45) is 10.7 Å². The first-order valence-corrected chi connectivity index (χ1v) is 5.99. The van der Waals surface area contributed by atoms with Gasteiger partial charge in [-0.25, -0.2) is 4.99 Å². The number of aliphatic imine (C=N–C) groups is 1. The van der Waals surface area contributed by atoms with Crippen LogP contribution in [0.15, 0.2) is 47.7 Å². The molecule has 1 aromatic heterocycles. The zero-order valence-electron chi connectivity index (χ0n) is 10.0. The Kier molecular flexibility index (Phi) is 1.90. The van der Waals surface area contributed by atoms with Gasteiger partial charge in [0.2, 0.25) is 0 Å². The van der Waals surface area contributed by atoms with Gasteiger partial charge in [-0.15, -0.1) is 0 Å². The molecular formula is C14H11N3O2. The lowest BCUT2D eigenvalue weighted by Crippen LogP contribution is -2.31. The van der Waals surface area contributed by atoms with Crippen molar-refractivity contribution >= 4 is 6.02 Å². The summed E-state index contributed by atoms with van der Waals surface area (Å²) >= 11 is 0. The van der Waals surface area contributed by atoms with Crippen LogP contribution < -0.4 is 10.5 Å². The Morgan fingerprint density at radius 2 is 1.95 bits per heavy atom. The van der Waals surface area contributed by atoms with Crippen molar-refractivity contribution in [2.75, 3.05) is 6.61 Å². The van der Waals surface area contributed by atoms with Gasteiger partial charge in [-0.05, 0) is 12.1 Å². The predicted molar refractivity (Wildman–Crippen MR) is 69.1 cm³/mol. The second-order valence-corrected chi connectivity index (χ2v) is 4.57. The van der Waals surface area contributed by atoms with Crippen LogP contribution in [0.4, 0.5) is 0 Å². The lowest BCUT2D eigenvalue weighted by Gasteiger charge is -2.32. The first-order chi connectivity index (χ1) is 9.29. The molecule has 0 amide bonds. The molecule has 1 atom stereocenters. The summed E-state index contributed by atoms with van der Waals surface area (Å²) in [6.45, 7) is 0.373. The smallest absolute Gasteiger partial charge is 0.283 e. The molecule has 2 aliphatic heterocycles. The minimum Gasteiger partial charge on any atom is -0.462 e. The van der Waals surface area contributed by atoms with E-state index in [1.807, 2.05) is 30.3 Å². The number of hydrogen-bond acceptors (Lipinski definition) is 5. The van der Waals surface area contributed by atoms with Crippen LogP contribution in [0.2, 0.25) is 0 Å². The van der Waals surface area contributed by atoms with Gasteiger partial charge in [0.1, 0.15) is 18.1 Å². The number of hydrogen-bond donors (Lipinski definition) is 1. The fourth-order valence-corrected chi connectivity index (χ4v) is 2.65. The second kappa shape index (κ2) is 3.47. The first-order valence-electron chi connectivity index (χ1n) is 5.99. The molecule has 1 unspecified atom stereocenters. The summed E-state index contributed by atoms with van der Waals surface area (Å²) in [6, 6.07) is 9.82. The number of rotatable bonds is 0. The monoisotopic (exact) mass is 253 g/mol.